The highest BCUT2D eigenvalue weighted by Crippen LogP contribution is 2.27. The van der Waals surface area contributed by atoms with E-state index in [2.05, 4.69) is 32.0 Å². The lowest BCUT2D eigenvalue weighted by Gasteiger charge is -2.40. The summed E-state index contributed by atoms with van der Waals surface area (Å²) in [5.74, 6) is 0.634. The first-order chi connectivity index (χ1) is 18.3. The molecule has 0 radical (unpaired) electrons. The van der Waals surface area contributed by atoms with Crippen molar-refractivity contribution in [2.75, 3.05) is 44.6 Å². The Morgan fingerprint density at radius 1 is 1.24 bits per heavy atom. The van der Waals surface area contributed by atoms with Crippen LogP contribution in [-0.2, 0) is 4.79 Å². The summed E-state index contributed by atoms with van der Waals surface area (Å²) in [5.41, 5.74) is 2.69. The van der Waals surface area contributed by atoms with Crippen LogP contribution in [0, 0.1) is 6.92 Å². The predicted octanol–water partition coefficient (Wildman–Crippen LogP) is 4.77. The van der Waals surface area contributed by atoms with Crippen LogP contribution in [0.25, 0.3) is 21.5 Å². The number of hydrogen-bond donors (Lipinski definition) is 2. The van der Waals surface area contributed by atoms with Crippen LogP contribution in [0.5, 0.6) is 5.75 Å². The number of halogens is 1. The van der Waals surface area contributed by atoms with Crippen LogP contribution in [0.2, 0.25) is 5.02 Å². The number of aromatic nitrogens is 2. The summed E-state index contributed by atoms with van der Waals surface area (Å²) >= 11 is 9.02. The minimum Gasteiger partial charge on any atom is -0.491 e. The number of carbonyl (C=O) groups is 1. The molecule has 2 atom stereocenters. The van der Waals surface area contributed by atoms with Crippen LogP contribution >= 0.6 is 34.3 Å². The van der Waals surface area contributed by atoms with E-state index < -0.39 is 6.10 Å². The summed E-state index contributed by atoms with van der Waals surface area (Å²) in [6.45, 7) is 7.42. The number of nitrogens with zero attached hydrogens (tertiary/aromatic N) is 4. The third kappa shape index (κ3) is 6.88. The summed E-state index contributed by atoms with van der Waals surface area (Å²) in [5, 5.41) is 17.7. The number of rotatable bonds is 9. The van der Waals surface area contributed by atoms with Crippen molar-refractivity contribution in [3.63, 3.8) is 0 Å². The monoisotopic (exact) mass is 571 g/mol. The number of thiazole rings is 2. The van der Waals surface area contributed by atoms with Crippen molar-refractivity contribution >= 4 is 55.5 Å². The number of fused-ring (bicyclic) bond motifs is 1. The first-order valence-corrected chi connectivity index (χ1v) is 14.6. The number of nitrogens with one attached hydrogen (secondary N) is 1. The number of aliphatic hydroxyl groups excluding tert-OH is 1. The third-order valence-corrected chi connectivity index (χ3v) is 8.42. The molecule has 200 valence electrons. The molecule has 2 aromatic carbocycles. The maximum Gasteiger partial charge on any atom is 0.240 e. The lowest BCUT2D eigenvalue weighted by molar-refractivity contribution is -0.118. The van der Waals surface area contributed by atoms with Crippen LogP contribution < -0.4 is 10.1 Å². The number of hydrogen-bond acceptors (Lipinski definition) is 9. The molecule has 38 heavy (non-hydrogen) atoms. The van der Waals surface area contributed by atoms with Crippen molar-refractivity contribution in [2.24, 2.45) is 0 Å². The Morgan fingerprint density at radius 3 is 2.84 bits per heavy atom. The number of carbonyl (C=O) groups excluding carboxylic acids is 1. The summed E-state index contributed by atoms with van der Waals surface area (Å²) in [6.07, 6.45) is -0.611. The highest BCUT2D eigenvalue weighted by molar-refractivity contribution is 7.18. The molecule has 1 aliphatic heterocycles. The van der Waals surface area contributed by atoms with E-state index in [0.29, 0.717) is 29.0 Å². The van der Waals surface area contributed by atoms with Crippen molar-refractivity contribution in [1.82, 2.24) is 19.8 Å². The Labute approximate surface area is 234 Å². The number of anilines is 1. The van der Waals surface area contributed by atoms with Gasteiger partial charge >= 0.3 is 0 Å². The van der Waals surface area contributed by atoms with E-state index in [4.69, 9.17) is 16.3 Å². The van der Waals surface area contributed by atoms with E-state index in [-0.39, 0.29) is 18.6 Å². The molecule has 1 amide bonds. The number of aliphatic hydroxyl groups is 1. The predicted molar refractivity (Wildman–Crippen MR) is 155 cm³/mol. The summed E-state index contributed by atoms with van der Waals surface area (Å²) < 4.78 is 6.97. The van der Waals surface area contributed by atoms with Crippen LogP contribution in [-0.4, -0.2) is 82.3 Å². The molecule has 1 aliphatic rings. The van der Waals surface area contributed by atoms with Crippen LogP contribution in [0.1, 0.15) is 11.9 Å². The van der Waals surface area contributed by atoms with Crippen LogP contribution in [0.3, 0.4) is 0 Å². The van der Waals surface area contributed by atoms with Gasteiger partial charge in [-0.05, 0) is 38.1 Å². The van der Waals surface area contributed by atoms with Crippen molar-refractivity contribution in [3.05, 3.63) is 57.9 Å². The van der Waals surface area contributed by atoms with E-state index in [1.165, 1.54) is 11.3 Å². The number of amides is 1. The zero-order valence-corrected chi connectivity index (χ0v) is 23.7. The molecule has 3 heterocycles. The Hall–Kier alpha value is -2.60. The molecule has 1 saturated heterocycles. The smallest absolute Gasteiger partial charge is 0.240 e. The molecule has 0 bridgehead atoms. The molecule has 2 N–H and O–H groups in total. The van der Waals surface area contributed by atoms with Gasteiger partial charge in [-0.2, -0.15) is 0 Å². The molecular weight excluding hydrogens is 542 g/mol. The maximum atomic E-state index is 12.7. The summed E-state index contributed by atoms with van der Waals surface area (Å²) in [6, 6.07) is 13.5. The highest BCUT2D eigenvalue weighted by atomic mass is 35.5. The average molecular weight is 572 g/mol. The van der Waals surface area contributed by atoms with E-state index in [1.54, 1.807) is 11.3 Å². The van der Waals surface area contributed by atoms with Crippen LogP contribution in [0.15, 0.2) is 47.8 Å². The van der Waals surface area contributed by atoms with Gasteiger partial charge in [0.2, 0.25) is 5.91 Å². The molecule has 5 rings (SSSR count). The highest BCUT2D eigenvalue weighted by Gasteiger charge is 2.26. The van der Waals surface area contributed by atoms with E-state index in [9.17, 15) is 9.90 Å². The SMILES string of the molecule is Cc1nc2cc(OCC(O)CN3CCN(CC(=O)Nc4nc(-c5ccc(Cl)cc5)cs4)CC3C)ccc2s1. The molecule has 2 unspecified atom stereocenters. The van der Waals surface area contributed by atoms with Crippen molar-refractivity contribution < 1.29 is 14.6 Å². The quantitative estimate of drug-likeness (QED) is 0.299. The normalized spacial score (nSPS) is 17.5. The van der Waals surface area contributed by atoms with Gasteiger partial charge in [0.1, 0.15) is 18.5 Å². The van der Waals surface area contributed by atoms with Gasteiger partial charge in [-0.15, -0.1) is 22.7 Å². The van der Waals surface area contributed by atoms with E-state index >= 15 is 0 Å². The summed E-state index contributed by atoms with van der Waals surface area (Å²) in [7, 11) is 0. The van der Waals surface area contributed by atoms with Gasteiger partial charge in [0, 0.05) is 54.3 Å². The largest absolute Gasteiger partial charge is 0.491 e. The molecule has 4 aromatic rings. The topological polar surface area (TPSA) is 90.8 Å². The van der Waals surface area contributed by atoms with Gasteiger partial charge in [0.15, 0.2) is 5.13 Å². The minimum atomic E-state index is -0.611. The Balaban J connectivity index is 1.05. The Kier molecular flexibility index (Phi) is 8.57. The van der Waals surface area contributed by atoms with Crippen molar-refractivity contribution in [1.29, 1.82) is 0 Å². The van der Waals surface area contributed by atoms with Gasteiger partial charge < -0.3 is 15.2 Å². The molecule has 8 nitrogen and oxygen atoms in total. The first-order valence-electron chi connectivity index (χ1n) is 12.5. The summed E-state index contributed by atoms with van der Waals surface area (Å²) in [4.78, 5) is 26.1. The maximum absolute atomic E-state index is 12.7. The lowest BCUT2D eigenvalue weighted by Crippen LogP contribution is -2.55. The van der Waals surface area contributed by atoms with Gasteiger partial charge in [0.05, 0.1) is 27.5 Å². The molecular formula is C27H30ClN5O3S2. The van der Waals surface area contributed by atoms with Crippen molar-refractivity contribution in [2.45, 2.75) is 26.0 Å². The molecule has 0 aliphatic carbocycles. The van der Waals surface area contributed by atoms with Crippen LogP contribution in [0.4, 0.5) is 5.13 Å². The fraction of sp³-hybridized carbons (Fsp3) is 0.370. The second-order valence-corrected chi connectivity index (χ2v) is 12.0. The molecule has 0 saturated carbocycles. The molecule has 11 heteroatoms. The zero-order valence-electron chi connectivity index (χ0n) is 21.3. The number of benzene rings is 2. The Bertz CT molecular complexity index is 1390. The average Bonchev–Trinajstić information content (AvgIpc) is 3.50. The number of piperazine rings is 1. The first kappa shape index (κ1) is 27.0. The fourth-order valence-electron chi connectivity index (χ4n) is 4.56. The molecule has 1 fully saturated rings. The minimum absolute atomic E-state index is 0.0802. The second kappa shape index (κ2) is 12.1. The standard InChI is InChI=1S/C27H30ClN5O3S2/c1-17-12-32(14-26(35)31-27-30-24(16-37-27)19-3-5-20(28)6-4-19)9-10-33(17)13-21(34)15-36-22-7-8-25-23(11-22)29-18(2)38-25/h3-8,11,16-17,21,34H,9-10,12-15H2,1-2H3,(H,30,31,35). The van der Waals surface area contributed by atoms with Gasteiger partial charge in [-0.3, -0.25) is 14.6 Å². The van der Waals surface area contributed by atoms with Gasteiger partial charge in [-0.1, -0.05) is 23.7 Å². The van der Waals surface area contributed by atoms with E-state index in [0.717, 1.165) is 46.1 Å². The lowest BCUT2D eigenvalue weighted by atomic mass is 10.1. The Morgan fingerprint density at radius 2 is 2.05 bits per heavy atom. The molecule has 0 spiro atoms. The van der Waals surface area contributed by atoms with Crippen molar-refractivity contribution in [3.8, 4) is 17.0 Å². The van der Waals surface area contributed by atoms with Gasteiger partial charge in [-0.25, -0.2) is 9.97 Å². The third-order valence-electron chi connectivity index (χ3n) is 6.46. The molecule has 2 aromatic heterocycles. The number of aryl methyl sites for hydroxylation is 1. The van der Waals surface area contributed by atoms with Gasteiger partial charge in [0.25, 0.3) is 0 Å². The number of ether oxygens (including phenoxy) is 1. The van der Waals surface area contributed by atoms with E-state index in [1.807, 2.05) is 54.8 Å². The second-order valence-electron chi connectivity index (χ2n) is 9.50. The zero-order chi connectivity index (χ0) is 26.6. The fourth-order valence-corrected chi connectivity index (χ4v) is 6.23. The number of β-amino-alcohol motifs (C(OH)–C–C–N with tert-alkyl or cyclic N) is 1.